The summed E-state index contributed by atoms with van der Waals surface area (Å²) in [5, 5.41) is 3.41. The third-order valence-corrected chi connectivity index (χ3v) is 3.34. The molecule has 1 N–H and O–H groups in total. The second-order valence-electron chi connectivity index (χ2n) is 5.05. The van der Waals surface area contributed by atoms with E-state index in [1.807, 2.05) is 18.2 Å². The Bertz CT molecular complexity index is 639. The van der Waals surface area contributed by atoms with Gasteiger partial charge in [-0.15, -0.1) is 0 Å². The Morgan fingerprint density at radius 2 is 2.04 bits per heavy atom. The molecule has 23 heavy (non-hydrogen) atoms. The maximum atomic E-state index is 11.4. The maximum absolute atomic E-state index is 11.4. The number of nitrogens with zero attached hydrogens (tertiary/aromatic N) is 1. The molecule has 0 unspecified atom stereocenters. The van der Waals surface area contributed by atoms with Crippen molar-refractivity contribution in [1.82, 2.24) is 10.3 Å². The molecule has 2 rings (SSSR count). The highest BCUT2D eigenvalue weighted by atomic mass is 16.5. The lowest BCUT2D eigenvalue weighted by Crippen LogP contribution is -2.17. The third-order valence-electron chi connectivity index (χ3n) is 3.34. The van der Waals surface area contributed by atoms with Crippen LogP contribution in [0.2, 0.25) is 0 Å². The first kappa shape index (κ1) is 16.9. The summed E-state index contributed by atoms with van der Waals surface area (Å²) in [6.07, 6.45) is 5.82. The van der Waals surface area contributed by atoms with Gasteiger partial charge in [-0.25, -0.2) is 4.79 Å². The van der Waals surface area contributed by atoms with Crippen molar-refractivity contribution >= 4 is 12.0 Å². The van der Waals surface area contributed by atoms with Crippen LogP contribution in [0.15, 0.2) is 54.7 Å². The summed E-state index contributed by atoms with van der Waals surface area (Å²) in [5.74, 6) is -0.346. The largest absolute Gasteiger partial charge is 0.463 e. The summed E-state index contributed by atoms with van der Waals surface area (Å²) in [7, 11) is 0. The number of rotatable bonds is 8. The number of ether oxygens (including phenoxy) is 1. The average Bonchev–Trinajstić information content (AvgIpc) is 2.59. The fraction of sp³-hybridized carbons (Fsp3) is 0.263. The summed E-state index contributed by atoms with van der Waals surface area (Å²) in [6, 6.07) is 14.3. The second kappa shape index (κ2) is 9.54. The molecule has 0 aliphatic carbocycles. The zero-order valence-electron chi connectivity index (χ0n) is 13.4. The van der Waals surface area contributed by atoms with Gasteiger partial charge < -0.3 is 10.1 Å². The zero-order chi connectivity index (χ0) is 16.3. The van der Waals surface area contributed by atoms with Crippen molar-refractivity contribution in [2.75, 3.05) is 13.2 Å². The second-order valence-corrected chi connectivity index (χ2v) is 5.05. The van der Waals surface area contributed by atoms with Gasteiger partial charge in [0.15, 0.2) is 0 Å². The van der Waals surface area contributed by atoms with Gasteiger partial charge in [0, 0.05) is 18.8 Å². The molecule has 1 heterocycles. The van der Waals surface area contributed by atoms with Crippen LogP contribution in [0, 0.1) is 0 Å². The minimum atomic E-state index is -0.346. The normalized spacial score (nSPS) is 10.8. The lowest BCUT2D eigenvalue weighted by atomic mass is 10.1. The Labute approximate surface area is 137 Å². The monoisotopic (exact) mass is 310 g/mol. The van der Waals surface area contributed by atoms with Crippen molar-refractivity contribution in [3.63, 3.8) is 0 Å². The minimum absolute atomic E-state index is 0.346. The number of carbonyl (C=O) groups is 1. The number of esters is 1. The van der Waals surface area contributed by atoms with Crippen LogP contribution in [0.3, 0.4) is 0 Å². The molecule has 2 aromatic rings. The average molecular weight is 310 g/mol. The lowest BCUT2D eigenvalue weighted by molar-refractivity contribution is -0.137. The molecular weight excluding hydrogens is 288 g/mol. The molecular formula is C19H22N2O2. The molecule has 0 aliphatic heterocycles. The number of carbonyl (C=O) groups excluding carboxylic acids is 1. The van der Waals surface area contributed by atoms with E-state index in [0.29, 0.717) is 13.2 Å². The highest BCUT2D eigenvalue weighted by Crippen LogP contribution is 2.08. The number of aromatic nitrogens is 1. The molecule has 0 radical (unpaired) electrons. The van der Waals surface area contributed by atoms with Crippen LogP contribution in [-0.4, -0.2) is 24.1 Å². The van der Waals surface area contributed by atoms with Crippen LogP contribution < -0.4 is 5.32 Å². The molecule has 0 saturated heterocycles. The molecule has 0 aliphatic rings. The highest BCUT2D eigenvalue weighted by molar-refractivity contribution is 5.86. The highest BCUT2D eigenvalue weighted by Gasteiger charge is 2.01. The zero-order valence-corrected chi connectivity index (χ0v) is 13.4. The first-order valence-corrected chi connectivity index (χ1v) is 7.83. The summed E-state index contributed by atoms with van der Waals surface area (Å²) in [6.45, 7) is 3.76. The minimum Gasteiger partial charge on any atom is -0.463 e. The van der Waals surface area contributed by atoms with Gasteiger partial charge >= 0.3 is 5.97 Å². The number of nitrogens with one attached hydrogen (secondary N) is 1. The molecule has 4 heteroatoms. The predicted molar refractivity (Wildman–Crippen MR) is 91.8 cm³/mol. The predicted octanol–water partition coefficient (Wildman–Crippen LogP) is 2.99. The van der Waals surface area contributed by atoms with Gasteiger partial charge in [-0.3, -0.25) is 4.98 Å². The van der Waals surface area contributed by atoms with E-state index >= 15 is 0 Å². The van der Waals surface area contributed by atoms with Crippen molar-refractivity contribution in [1.29, 1.82) is 0 Å². The topological polar surface area (TPSA) is 51.2 Å². The number of benzene rings is 1. The van der Waals surface area contributed by atoms with Gasteiger partial charge in [-0.05, 0) is 43.2 Å². The van der Waals surface area contributed by atoms with E-state index in [0.717, 1.165) is 24.2 Å². The molecule has 0 amide bonds. The van der Waals surface area contributed by atoms with Gasteiger partial charge in [0.05, 0.1) is 12.3 Å². The number of hydrogen-bond donors (Lipinski definition) is 1. The quantitative estimate of drug-likeness (QED) is 0.463. The molecule has 0 atom stereocenters. The van der Waals surface area contributed by atoms with Crippen molar-refractivity contribution in [2.45, 2.75) is 19.9 Å². The molecule has 120 valence electrons. The standard InChI is InChI=1S/C19H22N2O2/c1-2-23-19(22)11-10-18-17(9-6-13-21-18)15-20-14-12-16-7-4-3-5-8-16/h3-11,13,20H,2,12,14-15H2,1H3. The Hall–Kier alpha value is -2.46. The first-order valence-electron chi connectivity index (χ1n) is 7.83. The van der Waals surface area contributed by atoms with Crippen LogP contribution >= 0.6 is 0 Å². The first-order chi connectivity index (χ1) is 11.3. The van der Waals surface area contributed by atoms with Crippen LogP contribution in [0.5, 0.6) is 0 Å². The Morgan fingerprint density at radius 3 is 2.83 bits per heavy atom. The van der Waals surface area contributed by atoms with Crippen molar-refractivity contribution < 1.29 is 9.53 Å². The SMILES string of the molecule is CCOC(=O)C=Cc1ncccc1CNCCc1ccccc1. The van der Waals surface area contributed by atoms with Crippen molar-refractivity contribution in [3.05, 3.63) is 71.6 Å². The van der Waals surface area contributed by atoms with E-state index in [-0.39, 0.29) is 5.97 Å². The van der Waals surface area contributed by atoms with E-state index in [9.17, 15) is 4.79 Å². The van der Waals surface area contributed by atoms with E-state index in [2.05, 4.69) is 34.6 Å². The molecule has 0 spiro atoms. The van der Waals surface area contributed by atoms with E-state index < -0.39 is 0 Å². The van der Waals surface area contributed by atoms with E-state index in [1.54, 1.807) is 19.2 Å². The Kier molecular flexibility index (Phi) is 7.01. The van der Waals surface area contributed by atoms with Crippen LogP contribution in [0.1, 0.15) is 23.7 Å². The fourth-order valence-corrected chi connectivity index (χ4v) is 2.19. The smallest absolute Gasteiger partial charge is 0.330 e. The molecule has 1 aromatic carbocycles. The summed E-state index contributed by atoms with van der Waals surface area (Å²) >= 11 is 0. The maximum Gasteiger partial charge on any atom is 0.330 e. The van der Waals surface area contributed by atoms with Gasteiger partial charge in [0.1, 0.15) is 0 Å². The van der Waals surface area contributed by atoms with Gasteiger partial charge in [-0.1, -0.05) is 36.4 Å². The van der Waals surface area contributed by atoms with Gasteiger partial charge in [-0.2, -0.15) is 0 Å². The summed E-state index contributed by atoms with van der Waals surface area (Å²) in [5.41, 5.74) is 3.16. The van der Waals surface area contributed by atoms with Crippen molar-refractivity contribution in [3.8, 4) is 0 Å². The van der Waals surface area contributed by atoms with E-state index in [1.165, 1.54) is 11.6 Å². The fourth-order valence-electron chi connectivity index (χ4n) is 2.19. The van der Waals surface area contributed by atoms with Crippen molar-refractivity contribution in [2.24, 2.45) is 0 Å². The van der Waals surface area contributed by atoms with Crippen LogP contribution in [0.25, 0.3) is 6.08 Å². The van der Waals surface area contributed by atoms with Crippen LogP contribution in [-0.2, 0) is 22.5 Å². The Balaban J connectivity index is 1.86. The van der Waals surface area contributed by atoms with E-state index in [4.69, 9.17) is 4.74 Å². The molecule has 0 bridgehead atoms. The van der Waals surface area contributed by atoms with Gasteiger partial charge in [0.2, 0.25) is 0 Å². The summed E-state index contributed by atoms with van der Waals surface area (Å²) < 4.78 is 4.88. The Morgan fingerprint density at radius 1 is 1.22 bits per heavy atom. The molecule has 4 nitrogen and oxygen atoms in total. The lowest BCUT2D eigenvalue weighted by Gasteiger charge is -2.07. The number of pyridine rings is 1. The van der Waals surface area contributed by atoms with Gasteiger partial charge in [0.25, 0.3) is 0 Å². The summed E-state index contributed by atoms with van der Waals surface area (Å²) in [4.78, 5) is 15.7. The molecule has 1 aromatic heterocycles. The van der Waals surface area contributed by atoms with Crippen LogP contribution in [0.4, 0.5) is 0 Å². The molecule has 0 saturated carbocycles. The third kappa shape index (κ3) is 6.04. The number of hydrogen-bond acceptors (Lipinski definition) is 4. The molecule has 0 fully saturated rings.